The zero-order chi connectivity index (χ0) is 8.15. The quantitative estimate of drug-likeness (QED) is 0.560. The molecule has 4 nitrogen and oxygen atoms in total. The molecule has 10 heavy (non-hydrogen) atoms. The predicted molar refractivity (Wildman–Crippen MR) is 40.3 cm³/mol. The van der Waals surface area contributed by atoms with Crippen molar-refractivity contribution < 1.29 is 9.59 Å². The molecular weight excluding hydrogens is 152 g/mol. The first kappa shape index (κ1) is 9.29. The highest BCUT2D eigenvalue weighted by Gasteiger charge is 2.09. The third-order valence-corrected chi connectivity index (χ3v) is 2.06. The van der Waals surface area contributed by atoms with Crippen LogP contribution in [0, 0.1) is 0 Å². The van der Waals surface area contributed by atoms with Gasteiger partial charge >= 0.3 is 0 Å². The molecule has 0 aromatic carbocycles. The molecule has 0 fully saturated rings. The Morgan fingerprint density at radius 2 is 2.00 bits per heavy atom. The lowest BCUT2D eigenvalue weighted by molar-refractivity contribution is -0.117. The summed E-state index contributed by atoms with van der Waals surface area (Å²) in [5.74, 6) is -0.714. The zero-order valence-electron chi connectivity index (χ0n) is 5.66. The van der Waals surface area contributed by atoms with Crippen LogP contribution in [0.25, 0.3) is 0 Å². The molecule has 0 saturated heterocycles. The van der Waals surface area contributed by atoms with Crippen LogP contribution in [0.1, 0.15) is 6.92 Å². The summed E-state index contributed by atoms with van der Waals surface area (Å²) in [7, 11) is 0. The van der Waals surface area contributed by atoms with Crippen LogP contribution >= 0.6 is 11.8 Å². The number of nitrogens with two attached hydrogens (primary N) is 2. The normalized spacial score (nSPS) is 12.5. The van der Waals surface area contributed by atoms with E-state index in [2.05, 4.69) is 0 Å². The van der Waals surface area contributed by atoms with Gasteiger partial charge < -0.3 is 11.5 Å². The maximum absolute atomic E-state index is 10.4. The van der Waals surface area contributed by atoms with Gasteiger partial charge in [-0.3, -0.25) is 9.59 Å². The lowest BCUT2D eigenvalue weighted by Crippen LogP contribution is -2.25. The molecule has 0 heterocycles. The summed E-state index contributed by atoms with van der Waals surface area (Å²) in [6.45, 7) is 1.63. The van der Waals surface area contributed by atoms with Crippen molar-refractivity contribution in [2.75, 3.05) is 5.75 Å². The first-order valence-corrected chi connectivity index (χ1v) is 3.78. The summed E-state index contributed by atoms with van der Waals surface area (Å²) in [6.07, 6.45) is 0. The van der Waals surface area contributed by atoms with Crippen LogP contribution in [0.3, 0.4) is 0 Å². The fraction of sp³-hybridized carbons (Fsp3) is 0.600. The van der Waals surface area contributed by atoms with Crippen LogP contribution in [0.2, 0.25) is 0 Å². The Hall–Kier alpha value is -0.710. The van der Waals surface area contributed by atoms with E-state index < -0.39 is 11.8 Å². The summed E-state index contributed by atoms with van der Waals surface area (Å²) >= 11 is 1.14. The number of primary amides is 2. The number of rotatable bonds is 4. The van der Waals surface area contributed by atoms with Crippen LogP contribution in [-0.4, -0.2) is 22.8 Å². The third kappa shape index (κ3) is 4.20. The van der Waals surface area contributed by atoms with Gasteiger partial charge in [0.2, 0.25) is 11.8 Å². The van der Waals surface area contributed by atoms with Crippen LogP contribution in [0.4, 0.5) is 0 Å². The van der Waals surface area contributed by atoms with Gasteiger partial charge in [0.05, 0.1) is 11.0 Å². The first-order chi connectivity index (χ1) is 4.54. The summed E-state index contributed by atoms with van der Waals surface area (Å²) in [5, 5.41) is -0.340. The van der Waals surface area contributed by atoms with Gasteiger partial charge in [-0.2, -0.15) is 0 Å². The van der Waals surface area contributed by atoms with Gasteiger partial charge in [0.25, 0.3) is 0 Å². The van der Waals surface area contributed by atoms with Gasteiger partial charge in [-0.25, -0.2) is 0 Å². The molecule has 4 N–H and O–H groups in total. The lowest BCUT2D eigenvalue weighted by atomic mass is 10.5. The molecule has 58 valence electrons. The van der Waals surface area contributed by atoms with Gasteiger partial charge in [0.15, 0.2) is 0 Å². The number of thioether (sulfide) groups is 1. The van der Waals surface area contributed by atoms with Crippen LogP contribution in [0.5, 0.6) is 0 Å². The van der Waals surface area contributed by atoms with Gasteiger partial charge in [0.1, 0.15) is 0 Å². The van der Waals surface area contributed by atoms with Crippen molar-refractivity contribution in [3.05, 3.63) is 0 Å². The Kier molecular flexibility index (Phi) is 3.87. The van der Waals surface area contributed by atoms with Crippen LogP contribution < -0.4 is 11.5 Å². The van der Waals surface area contributed by atoms with Crippen molar-refractivity contribution in [3.8, 4) is 0 Å². The van der Waals surface area contributed by atoms with E-state index in [1.165, 1.54) is 0 Å². The summed E-state index contributed by atoms with van der Waals surface area (Å²) in [6, 6.07) is 0. The minimum atomic E-state index is -0.432. The molecule has 5 heteroatoms. The van der Waals surface area contributed by atoms with E-state index >= 15 is 0 Å². The van der Waals surface area contributed by atoms with Crippen molar-refractivity contribution in [2.45, 2.75) is 12.2 Å². The van der Waals surface area contributed by atoms with E-state index in [9.17, 15) is 9.59 Å². The van der Waals surface area contributed by atoms with E-state index in [4.69, 9.17) is 11.5 Å². The number of hydrogen-bond acceptors (Lipinski definition) is 3. The molecule has 0 aliphatic rings. The van der Waals surface area contributed by atoms with Crippen molar-refractivity contribution in [1.82, 2.24) is 0 Å². The van der Waals surface area contributed by atoms with Crippen molar-refractivity contribution in [2.24, 2.45) is 11.5 Å². The van der Waals surface area contributed by atoms with Gasteiger partial charge in [-0.15, -0.1) is 11.8 Å². The topological polar surface area (TPSA) is 86.2 Å². The standard InChI is InChI=1S/C5H10N2O2S/c1-3(5(7)9)10-2-4(6)8/h3H,2H2,1H3,(H2,6,8)(H2,7,9)/t3-/m1/s1. The number of hydrogen-bond donors (Lipinski definition) is 2. The molecule has 0 spiro atoms. The predicted octanol–water partition coefficient (Wildman–Crippen LogP) is -0.921. The summed E-state index contributed by atoms with van der Waals surface area (Å²) < 4.78 is 0. The summed E-state index contributed by atoms with van der Waals surface area (Å²) in [4.78, 5) is 20.5. The molecule has 0 aliphatic carbocycles. The van der Waals surface area contributed by atoms with E-state index in [0.29, 0.717) is 0 Å². The largest absolute Gasteiger partial charge is 0.369 e. The Morgan fingerprint density at radius 3 is 2.30 bits per heavy atom. The minimum Gasteiger partial charge on any atom is -0.369 e. The molecule has 0 saturated carbocycles. The Bertz CT molecular complexity index is 149. The molecule has 0 aromatic heterocycles. The second-order valence-corrected chi connectivity index (χ2v) is 3.15. The maximum Gasteiger partial charge on any atom is 0.230 e. The highest BCUT2D eigenvalue weighted by atomic mass is 32.2. The molecular formula is C5H10N2O2S. The van der Waals surface area contributed by atoms with E-state index in [0.717, 1.165) is 11.8 Å². The minimum absolute atomic E-state index is 0.143. The molecule has 0 unspecified atom stereocenters. The van der Waals surface area contributed by atoms with E-state index in [-0.39, 0.29) is 11.0 Å². The molecule has 0 aliphatic heterocycles. The average Bonchev–Trinajstić information content (AvgIpc) is 1.82. The molecule has 0 radical (unpaired) electrons. The summed E-state index contributed by atoms with van der Waals surface area (Å²) in [5.41, 5.74) is 9.74. The first-order valence-electron chi connectivity index (χ1n) is 2.73. The fourth-order valence-corrected chi connectivity index (χ4v) is 0.868. The molecule has 0 rings (SSSR count). The van der Waals surface area contributed by atoms with Crippen molar-refractivity contribution in [3.63, 3.8) is 0 Å². The van der Waals surface area contributed by atoms with Crippen molar-refractivity contribution in [1.29, 1.82) is 0 Å². The Morgan fingerprint density at radius 1 is 1.50 bits per heavy atom. The second kappa shape index (κ2) is 4.16. The lowest BCUT2D eigenvalue weighted by Gasteiger charge is -2.02. The maximum atomic E-state index is 10.4. The number of carbonyl (C=O) groups excluding carboxylic acids is 2. The fourth-order valence-electron chi connectivity index (χ4n) is 0.289. The molecule has 0 bridgehead atoms. The van der Waals surface area contributed by atoms with Gasteiger partial charge in [0, 0.05) is 0 Å². The van der Waals surface area contributed by atoms with Crippen LogP contribution in [-0.2, 0) is 9.59 Å². The van der Waals surface area contributed by atoms with Gasteiger partial charge in [-0.05, 0) is 6.92 Å². The van der Waals surface area contributed by atoms with E-state index in [1.807, 2.05) is 0 Å². The smallest absolute Gasteiger partial charge is 0.230 e. The van der Waals surface area contributed by atoms with Crippen molar-refractivity contribution >= 4 is 23.6 Å². The molecule has 2 amide bonds. The number of amides is 2. The van der Waals surface area contributed by atoms with Gasteiger partial charge in [-0.1, -0.05) is 0 Å². The SMILES string of the molecule is C[C@@H](SCC(N)=O)C(N)=O. The number of carbonyl (C=O) groups is 2. The highest BCUT2D eigenvalue weighted by Crippen LogP contribution is 2.07. The molecule has 1 atom stereocenters. The highest BCUT2D eigenvalue weighted by molar-refractivity contribution is 8.01. The Labute approximate surface area is 63.3 Å². The Balaban J connectivity index is 3.49. The third-order valence-electron chi connectivity index (χ3n) is 0.876. The monoisotopic (exact) mass is 162 g/mol. The zero-order valence-corrected chi connectivity index (χ0v) is 6.48. The molecule has 0 aromatic rings. The van der Waals surface area contributed by atoms with E-state index in [1.54, 1.807) is 6.92 Å². The second-order valence-electron chi connectivity index (χ2n) is 1.82. The average molecular weight is 162 g/mol. The van der Waals surface area contributed by atoms with Crippen LogP contribution in [0.15, 0.2) is 0 Å².